The molecule has 1 N–H and O–H groups in total. The van der Waals surface area contributed by atoms with Crippen molar-refractivity contribution in [3.63, 3.8) is 0 Å². The normalized spacial score (nSPS) is 18.1. The highest BCUT2D eigenvalue weighted by molar-refractivity contribution is 6.32. The van der Waals surface area contributed by atoms with E-state index in [4.69, 9.17) is 11.6 Å². The van der Waals surface area contributed by atoms with E-state index in [0.717, 1.165) is 0 Å². The molecule has 4 nitrogen and oxygen atoms in total. The van der Waals surface area contributed by atoms with E-state index in [1.807, 2.05) is 6.07 Å². The summed E-state index contributed by atoms with van der Waals surface area (Å²) < 4.78 is 0. The van der Waals surface area contributed by atoms with E-state index >= 15 is 0 Å². The number of nitrogens with one attached hydrogen (secondary N) is 1. The van der Waals surface area contributed by atoms with Crippen LogP contribution >= 0.6 is 11.6 Å². The van der Waals surface area contributed by atoms with Crippen molar-refractivity contribution in [3.8, 4) is 0 Å². The number of nitrogens with zero attached hydrogens (tertiary/aromatic N) is 1. The highest BCUT2D eigenvalue weighted by atomic mass is 35.5. The number of urea groups is 1. The fourth-order valence-corrected chi connectivity index (χ4v) is 1.60. The van der Waals surface area contributed by atoms with Crippen LogP contribution in [-0.4, -0.2) is 23.9 Å². The zero-order valence-electron chi connectivity index (χ0n) is 8.53. The molecular formula is C11H9ClN2O2. The zero-order chi connectivity index (χ0) is 11.7. The molecule has 0 aliphatic carbocycles. The van der Waals surface area contributed by atoms with Gasteiger partial charge in [0.25, 0.3) is 5.91 Å². The first-order valence-corrected chi connectivity index (χ1v) is 5.02. The van der Waals surface area contributed by atoms with Crippen LogP contribution in [0, 0.1) is 0 Å². The number of halogens is 1. The van der Waals surface area contributed by atoms with E-state index < -0.39 is 11.9 Å². The summed E-state index contributed by atoms with van der Waals surface area (Å²) >= 11 is 5.95. The van der Waals surface area contributed by atoms with Gasteiger partial charge in [-0.3, -0.25) is 15.0 Å². The molecule has 0 bridgehead atoms. The van der Waals surface area contributed by atoms with Gasteiger partial charge in [-0.15, -0.1) is 0 Å². The summed E-state index contributed by atoms with van der Waals surface area (Å²) in [7, 11) is 1.53. The second-order valence-corrected chi connectivity index (χ2v) is 3.78. The van der Waals surface area contributed by atoms with Gasteiger partial charge in [0.2, 0.25) is 0 Å². The van der Waals surface area contributed by atoms with Gasteiger partial charge in [-0.1, -0.05) is 29.8 Å². The first kappa shape index (κ1) is 10.7. The Morgan fingerprint density at radius 3 is 2.56 bits per heavy atom. The molecule has 0 radical (unpaired) electrons. The highest BCUT2D eigenvalue weighted by Gasteiger charge is 2.29. The molecule has 1 heterocycles. The van der Waals surface area contributed by atoms with Crippen molar-refractivity contribution < 1.29 is 9.59 Å². The van der Waals surface area contributed by atoms with Gasteiger partial charge in [0.1, 0.15) is 5.70 Å². The maximum atomic E-state index is 11.4. The van der Waals surface area contributed by atoms with Crippen LogP contribution in [0.5, 0.6) is 0 Å². The minimum absolute atomic E-state index is 0.290. The average Bonchev–Trinajstić information content (AvgIpc) is 2.48. The average molecular weight is 237 g/mol. The van der Waals surface area contributed by atoms with E-state index in [1.54, 1.807) is 24.3 Å². The van der Waals surface area contributed by atoms with E-state index in [9.17, 15) is 9.59 Å². The molecule has 2 rings (SSSR count). The van der Waals surface area contributed by atoms with E-state index in [-0.39, 0.29) is 5.70 Å². The lowest BCUT2D eigenvalue weighted by molar-refractivity contribution is -0.115. The quantitative estimate of drug-likeness (QED) is 0.598. The Balaban J connectivity index is 2.42. The Morgan fingerprint density at radius 2 is 2.00 bits per heavy atom. The van der Waals surface area contributed by atoms with Crippen molar-refractivity contribution in [1.29, 1.82) is 0 Å². The molecule has 0 atom stereocenters. The number of hydrogen-bond acceptors (Lipinski definition) is 2. The van der Waals surface area contributed by atoms with Crippen molar-refractivity contribution in [1.82, 2.24) is 10.2 Å². The first-order chi connectivity index (χ1) is 7.59. The third kappa shape index (κ3) is 1.79. The third-order valence-corrected chi connectivity index (χ3v) is 2.66. The van der Waals surface area contributed by atoms with Gasteiger partial charge in [-0.2, -0.15) is 0 Å². The molecule has 1 aromatic rings. The minimum Gasteiger partial charge on any atom is -0.292 e. The zero-order valence-corrected chi connectivity index (χ0v) is 9.28. The molecular weight excluding hydrogens is 228 g/mol. The number of carbonyl (C=O) groups excluding carboxylic acids is 2. The standard InChI is InChI=1S/C11H9ClN2O2/c1-14-9(10(15)13-11(14)16)6-7-4-2-3-5-8(7)12/h2-6H,1H3,(H,13,15,16). The van der Waals surface area contributed by atoms with Crippen LogP contribution in [0.25, 0.3) is 6.08 Å². The van der Waals surface area contributed by atoms with Gasteiger partial charge in [-0.25, -0.2) is 4.79 Å². The van der Waals surface area contributed by atoms with Crippen molar-refractivity contribution in [2.24, 2.45) is 0 Å². The predicted octanol–water partition coefficient (Wildman–Crippen LogP) is 1.86. The van der Waals surface area contributed by atoms with Crippen LogP contribution in [0.3, 0.4) is 0 Å². The Kier molecular flexibility index (Phi) is 2.66. The van der Waals surface area contributed by atoms with Gasteiger partial charge in [0, 0.05) is 12.1 Å². The lowest BCUT2D eigenvalue weighted by atomic mass is 10.2. The number of amides is 3. The summed E-state index contributed by atoms with van der Waals surface area (Å²) in [6.45, 7) is 0. The van der Waals surface area contributed by atoms with Crippen molar-refractivity contribution in [2.45, 2.75) is 0 Å². The Hall–Kier alpha value is -1.81. The Labute approximate surface area is 97.5 Å². The van der Waals surface area contributed by atoms with Crippen LogP contribution in [0.2, 0.25) is 5.02 Å². The second-order valence-electron chi connectivity index (χ2n) is 3.37. The maximum Gasteiger partial charge on any atom is 0.328 e. The highest BCUT2D eigenvalue weighted by Crippen LogP contribution is 2.20. The molecule has 1 fully saturated rings. The van der Waals surface area contributed by atoms with Crippen LogP contribution < -0.4 is 5.32 Å². The molecule has 0 unspecified atom stereocenters. The summed E-state index contributed by atoms with van der Waals surface area (Å²) in [5.41, 5.74) is 0.994. The van der Waals surface area contributed by atoms with E-state index in [1.165, 1.54) is 11.9 Å². The molecule has 0 saturated carbocycles. The molecule has 1 aliphatic rings. The maximum absolute atomic E-state index is 11.4. The molecule has 82 valence electrons. The van der Waals surface area contributed by atoms with Gasteiger partial charge < -0.3 is 0 Å². The molecule has 0 aromatic heterocycles. The first-order valence-electron chi connectivity index (χ1n) is 4.65. The van der Waals surface area contributed by atoms with Gasteiger partial charge in [0.05, 0.1) is 0 Å². The largest absolute Gasteiger partial charge is 0.328 e. The number of rotatable bonds is 1. The monoisotopic (exact) mass is 236 g/mol. The fourth-order valence-electron chi connectivity index (χ4n) is 1.41. The van der Waals surface area contributed by atoms with Crippen LogP contribution in [0.4, 0.5) is 4.79 Å². The van der Waals surface area contributed by atoms with Crippen LogP contribution in [-0.2, 0) is 4.79 Å². The Morgan fingerprint density at radius 1 is 1.31 bits per heavy atom. The predicted molar refractivity (Wildman–Crippen MR) is 60.7 cm³/mol. The van der Waals surface area contributed by atoms with Gasteiger partial charge in [-0.05, 0) is 17.7 Å². The number of benzene rings is 1. The number of carbonyl (C=O) groups is 2. The van der Waals surface area contributed by atoms with Crippen LogP contribution in [0.15, 0.2) is 30.0 Å². The van der Waals surface area contributed by atoms with Crippen molar-refractivity contribution in [3.05, 3.63) is 40.5 Å². The van der Waals surface area contributed by atoms with Crippen molar-refractivity contribution in [2.75, 3.05) is 7.05 Å². The molecule has 1 aliphatic heterocycles. The summed E-state index contributed by atoms with van der Waals surface area (Å²) in [6.07, 6.45) is 1.59. The smallest absolute Gasteiger partial charge is 0.292 e. The molecule has 16 heavy (non-hydrogen) atoms. The Bertz CT molecular complexity index is 497. The molecule has 1 aromatic carbocycles. The lowest BCUT2D eigenvalue weighted by Crippen LogP contribution is -2.24. The molecule has 3 amide bonds. The van der Waals surface area contributed by atoms with Gasteiger partial charge >= 0.3 is 6.03 Å². The molecule has 5 heteroatoms. The third-order valence-electron chi connectivity index (χ3n) is 2.32. The van der Waals surface area contributed by atoms with Crippen molar-refractivity contribution >= 4 is 29.6 Å². The minimum atomic E-state index is -0.427. The SMILES string of the molecule is CN1C(=O)NC(=O)C1=Cc1ccccc1Cl. The fraction of sp³-hybridized carbons (Fsp3) is 0.0909. The van der Waals surface area contributed by atoms with Crippen LogP contribution in [0.1, 0.15) is 5.56 Å². The summed E-state index contributed by atoms with van der Waals surface area (Å²) in [5.74, 6) is -0.410. The summed E-state index contributed by atoms with van der Waals surface area (Å²) in [4.78, 5) is 23.9. The second kappa shape index (κ2) is 3.98. The summed E-state index contributed by atoms with van der Waals surface area (Å²) in [5, 5.41) is 2.73. The van der Waals surface area contributed by atoms with E-state index in [2.05, 4.69) is 5.32 Å². The van der Waals surface area contributed by atoms with Gasteiger partial charge in [0.15, 0.2) is 0 Å². The topological polar surface area (TPSA) is 49.4 Å². The lowest BCUT2D eigenvalue weighted by Gasteiger charge is -2.07. The summed E-state index contributed by atoms with van der Waals surface area (Å²) in [6, 6.07) is 6.69. The number of hydrogen-bond donors (Lipinski definition) is 1. The molecule has 0 spiro atoms. The number of likely N-dealkylation sites (N-methyl/N-ethyl adjacent to an activating group) is 1. The van der Waals surface area contributed by atoms with E-state index in [0.29, 0.717) is 10.6 Å². The molecule has 1 saturated heterocycles. The number of imide groups is 1.